The van der Waals surface area contributed by atoms with Crippen LogP contribution in [-0.4, -0.2) is 53.0 Å². The van der Waals surface area contributed by atoms with Gasteiger partial charge in [0, 0.05) is 20.1 Å². The number of aromatic nitrogens is 3. The number of hydrogen-bond acceptors (Lipinski definition) is 4. The van der Waals surface area contributed by atoms with Gasteiger partial charge in [-0.05, 0) is 31.3 Å². The van der Waals surface area contributed by atoms with E-state index in [0.29, 0.717) is 18.8 Å². The highest BCUT2D eigenvalue weighted by Gasteiger charge is 2.15. The van der Waals surface area contributed by atoms with Crippen LogP contribution in [0.5, 0.6) is 0 Å². The average molecular weight is 314 g/mol. The lowest BCUT2D eigenvalue weighted by atomic mass is 10.3. The average Bonchev–Trinajstić information content (AvgIpc) is 2.94. The van der Waals surface area contributed by atoms with E-state index in [1.165, 1.54) is 23.1 Å². The molecule has 0 aliphatic carbocycles. The van der Waals surface area contributed by atoms with Gasteiger partial charge in [0.05, 0.1) is 11.9 Å². The Balaban J connectivity index is 0.00000220. The first-order valence-corrected chi connectivity index (χ1v) is 6.20. The second-order valence-electron chi connectivity index (χ2n) is 4.33. The molecule has 0 unspecified atom stereocenters. The van der Waals surface area contributed by atoms with E-state index in [0.717, 1.165) is 0 Å². The van der Waals surface area contributed by atoms with Gasteiger partial charge in [0.15, 0.2) is 5.69 Å². The van der Waals surface area contributed by atoms with Crippen LogP contribution in [0.4, 0.5) is 4.39 Å². The van der Waals surface area contributed by atoms with Crippen molar-refractivity contribution in [1.29, 1.82) is 0 Å². The van der Waals surface area contributed by atoms with Crippen LogP contribution >= 0.6 is 12.4 Å². The van der Waals surface area contributed by atoms with E-state index < -0.39 is 0 Å². The Kier molecular flexibility index (Phi) is 6.26. The molecule has 1 amide bonds. The number of nitrogens with one attached hydrogen (secondary N) is 1. The first-order chi connectivity index (χ1) is 9.61. The monoisotopic (exact) mass is 313 g/mol. The minimum absolute atomic E-state index is 0. The van der Waals surface area contributed by atoms with Gasteiger partial charge in [-0.1, -0.05) is 0 Å². The molecule has 0 bridgehead atoms. The van der Waals surface area contributed by atoms with Crippen LogP contribution in [0.15, 0.2) is 30.5 Å². The second-order valence-corrected chi connectivity index (χ2v) is 4.33. The van der Waals surface area contributed by atoms with Crippen molar-refractivity contribution >= 4 is 18.3 Å². The molecule has 0 radical (unpaired) electrons. The second kappa shape index (κ2) is 7.70. The van der Waals surface area contributed by atoms with Gasteiger partial charge in [-0.25, -0.2) is 4.39 Å². The largest absolute Gasteiger partial charge is 0.339 e. The Hall–Kier alpha value is -1.99. The molecular formula is C13H17ClFN5O. The minimum atomic E-state index is -0.330. The van der Waals surface area contributed by atoms with Crippen molar-refractivity contribution in [3.05, 3.63) is 42.0 Å². The predicted octanol–water partition coefficient (Wildman–Crippen LogP) is 1.12. The fraction of sp³-hybridized carbons (Fsp3) is 0.308. The molecule has 114 valence electrons. The molecule has 0 spiro atoms. The summed E-state index contributed by atoms with van der Waals surface area (Å²) in [7, 11) is 3.53. The van der Waals surface area contributed by atoms with E-state index in [9.17, 15) is 9.18 Å². The third kappa shape index (κ3) is 4.24. The first kappa shape index (κ1) is 17.1. The zero-order valence-corrected chi connectivity index (χ0v) is 12.6. The summed E-state index contributed by atoms with van der Waals surface area (Å²) in [5.74, 6) is -0.530. The van der Waals surface area contributed by atoms with E-state index in [2.05, 4.69) is 15.5 Å². The lowest BCUT2D eigenvalue weighted by Gasteiger charge is -2.14. The van der Waals surface area contributed by atoms with E-state index in [1.54, 1.807) is 24.1 Å². The number of carbonyl (C=O) groups excluding carboxylic acids is 1. The molecule has 1 N–H and O–H groups in total. The zero-order chi connectivity index (χ0) is 14.5. The minimum Gasteiger partial charge on any atom is -0.339 e. The first-order valence-electron chi connectivity index (χ1n) is 6.20. The number of likely N-dealkylation sites (N-methyl/N-ethyl adjacent to an activating group) is 2. The maximum atomic E-state index is 12.8. The van der Waals surface area contributed by atoms with Gasteiger partial charge in [-0.15, -0.1) is 17.5 Å². The van der Waals surface area contributed by atoms with Gasteiger partial charge in [0.25, 0.3) is 5.91 Å². The van der Waals surface area contributed by atoms with Gasteiger partial charge in [0.1, 0.15) is 5.82 Å². The Bertz CT molecular complexity index is 587. The Morgan fingerprint density at radius 3 is 2.67 bits per heavy atom. The molecule has 8 heteroatoms. The summed E-state index contributed by atoms with van der Waals surface area (Å²) < 4.78 is 12.8. The van der Waals surface area contributed by atoms with Gasteiger partial charge in [0.2, 0.25) is 0 Å². The molecule has 0 fully saturated rings. The van der Waals surface area contributed by atoms with E-state index in [4.69, 9.17) is 0 Å². The van der Waals surface area contributed by atoms with Crippen molar-refractivity contribution in [2.45, 2.75) is 0 Å². The van der Waals surface area contributed by atoms with Gasteiger partial charge < -0.3 is 10.2 Å². The van der Waals surface area contributed by atoms with E-state index in [-0.39, 0.29) is 29.8 Å². The highest BCUT2D eigenvalue weighted by molar-refractivity contribution is 5.91. The number of amides is 1. The summed E-state index contributed by atoms with van der Waals surface area (Å²) in [5, 5.41) is 11.1. The molecule has 1 aromatic heterocycles. The predicted molar refractivity (Wildman–Crippen MR) is 79.5 cm³/mol. The summed E-state index contributed by atoms with van der Waals surface area (Å²) >= 11 is 0. The van der Waals surface area contributed by atoms with Crippen molar-refractivity contribution in [3.8, 4) is 5.69 Å². The van der Waals surface area contributed by atoms with Gasteiger partial charge >= 0.3 is 0 Å². The molecule has 0 aliphatic heterocycles. The maximum Gasteiger partial charge on any atom is 0.275 e. The summed E-state index contributed by atoms with van der Waals surface area (Å²) in [4.78, 5) is 14.9. The number of rotatable bonds is 5. The van der Waals surface area contributed by atoms with Crippen LogP contribution in [0.25, 0.3) is 5.69 Å². The molecule has 21 heavy (non-hydrogen) atoms. The molecule has 0 saturated heterocycles. The number of carbonyl (C=O) groups is 1. The van der Waals surface area contributed by atoms with E-state index in [1.807, 2.05) is 7.05 Å². The summed E-state index contributed by atoms with van der Waals surface area (Å²) in [5.41, 5.74) is 0.858. The standard InChI is InChI=1S/C13H16FN5O.ClH/c1-15-7-8-18(2)13(20)12-9-16-19(17-12)11-5-3-10(14)4-6-11;/h3-6,9,15H,7-8H2,1-2H3;1H. The molecule has 2 aromatic rings. The number of hydrogen-bond donors (Lipinski definition) is 1. The number of nitrogens with zero attached hydrogens (tertiary/aromatic N) is 4. The normalized spacial score (nSPS) is 10.0. The Morgan fingerprint density at radius 1 is 1.38 bits per heavy atom. The van der Waals surface area contributed by atoms with Crippen LogP contribution in [0.1, 0.15) is 10.5 Å². The third-order valence-electron chi connectivity index (χ3n) is 2.81. The SMILES string of the molecule is CNCCN(C)C(=O)c1cnn(-c2ccc(F)cc2)n1.Cl. The van der Waals surface area contributed by atoms with Crippen LogP contribution in [0.2, 0.25) is 0 Å². The molecule has 0 aliphatic rings. The lowest BCUT2D eigenvalue weighted by molar-refractivity contribution is 0.0790. The van der Waals surface area contributed by atoms with Crippen molar-refractivity contribution in [2.24, 2.45) is 0 Å². The smallest absolute Gasteiger partial charge is 0.275 e. The highest BCUT2D eigenvalue weighted by atomic mass is 35.5. The molecule has 1 aromatic carbocycles. The number of halogens is 2. The topological polar surface area (TPSA) is 63.1 Å². The van der Waals surface area contributed by atoms with Crippen molar-refractivity contribution < 1.29 is 9.18 Å². The molecule has 1 heterocycles. The highest BCUT2D eigenvalue weighted by Crippen LogP contribution is 2.07. The third-order valence-corrected chi connectivity index (χ3v) is 2.81. The van der Waals surface area contributed by atoms with Crippen LogP contribution in [0.3, 0.4) is 0 Å². The molecule has 0 atom stereocenters. The van der Waals surface area contributed by atoms with Crippen molar-refractivity contribution in [1.82, 2.24) is 25.2 Å². The fourth-order valence-electron chi connectivity index (χ4n) is 1.64. The quantitative estimate of drug-likeness (QED) is 0.898. The van der Waals surface area contributed by atoms with E-state index >= 15 is 0 Å². The van der Waals surface area contributed by atoms with Crippen molar-refractivity contribution in [2.75, 3.05) is 27.2 Å². The molecule has 0 saturated carbocycles. The maximum absolute atomic E-state index is 12.8. The van der Waals surface area contributed by atoms with Crippen molar-refractivity contribution in [3.63, 3.8) is 0 Å². The van der Waals surface area contributed by atoms with Gasteiger partial charge in [-0.3, -0.25) is 4.79 Å². The fourth-order valence-corrected chi connectivity index (χ4v) is 1.64. The molecule has 2 rings (SSSR count). The lowest BCUT2D eigenvalue weighted by Crippen LogP contribution is -2.33. The molecular weight excluding hydrogens is 297 g/mol. The van der Waals surface area contributed by atoms with Crippen LogP contribution < -0.4 is 5.32 Å². The van der Waals surface area contributed by atoms with Crippen LogP contribution in [-0.2, 0) is 0 Å². The summed E-state index contributed by atoms with van der Waals surface area (Å²) in [6, 6.07) is 5.74. The van der Waals surface area contributed by atoms with Gasteiger partial charge in [-0.2, -0.15) is 9.90 Å². The summed E-state index contributed by atoms with van der Waals surface area (Å²) in [6.45, 7) is 1.28. The van der Waals surface area contributed by atoms with Crippen LogP contribution in [0, 0.1) is 5.82 Å². The summed E-state index contributed by atoms with van der Waals surface area (Å²) in [6.07, 6.45) is 1.40. The Labute approximate surface area is 128 Å². The molecule has 6 nitrogen and oxygen atoms in total. The zero-order valence-electron chi connectivity index (χ0n) is 11.8. The Morgan fingerprint density at radius 2 is 2.05 bits per heavy atom. The number of benzene rings is 1.